The molecule has 0 atom stereocenters. The number of likely N-dealkylation sites (N-methyl/N-ethyl adjacent to an activating group) is 1. The Balaban J connectivity index is 2.23. The van der Waals surface area contributed by atoms with Crippen LogP contribution in [0.1, 0.15) is 0 Å². The van der Waals surface area contributed by atoms with Gasteiger partial charge in [0.2, 0.25) is 0 Å². The minimum absolute atomic E-state index is 0.0192. The SMILES string of the molecule is CNCCNC(=O)COc1ccc(Cl)cc1. The summed E-state index contributed by atoms with van der Waals surface area (Å²) >= 11 is 5.72. The Hall–Kier alpha value is -1.26. The molecule has 0 heterocycles. The normalized spacial score (nSPS) is 9.88. The van der Waals surface area contributed by atoms with Crippen molar-refractivity contribution in [3.05, 3.63) is 29.3 Å². The summed E-state index contributed by atoms with van der Waals surface area (Å²) in [5.41, 5.74) is 0. The van der Waals surface area contributed by atoms with Gasteiger partial charge < -0.3 is 15.4 Å². The van der Waals surface area contributed by atoms with E-state index in [2.05, 4.69) is 10.6 Å². The first kappa shape index (κ1) is 12.8. The maximum Gasteiger partial charge on any atom is 0.257 e. The van der Waals surface area contributed by atoms with Crippen molar-refractivity contribution in [2.75, 3.05) is 26.7 Å². The van der Waals surface area contributed by atoms with Crippen molar-refractivity contribution >= 4 is 17.5 Å². The summed E-state index contributed by atoms with van der Waals surface area (Å²) in [6, 6.07) is 6.89. The van der Waals surface area contributed by atoms with E-state index in [4.69, 9.17) is 16.3 Å². The number of amides is 1. The van der Waals surface area contributed by atoms with Gasteiger partial charge in [0, 0.05) is 18.1 Å². The molecule has 0 aliphatic heterocycles. The van der Waals surface area contributed by atoms with Gasteiger partial charge in [0.05, 0.1) is 0 Å². The van der Waals surface area contributed by atoms with E-state index >= 15 is 0 Å². The van der Waals surface area contributed by atoms with Crippen LogP contribution >= 0.6 is 11.6 Å². The predicted molar refractivity (Wildman–Crippen MR) is 63.9 cm³/mol. The number of rotatable bonds is 6. The molecule has 1 aromatic rings. The fourth-order valence-corrected chi connectivity index (χ4v) is 1.18. The van der Waals surface area contributed by atoms with Gasteiger partial charge in [-0.2, -0.15) is 0 Å². The number of carbonyl (C=O) groups excluding carboxylic acids is 1. The highest BCUT2D eigenvalue weighted by atomic mass is 35.5. The van der Waals surface area contributed by atoms with Gasteiger partial charge in [-0.3, -0.25) is 4.79 Å². The zero-order valence-corrected chi connectivity index (χ0v) is 9.88. The average molecular weight is 243 g/mol. The molecule has 0 spiro atoms. The van der Waals surface area contributed by atoms with Crippen molar-refractivity contribution in [3.63, 3.8) is 0 Å². The van der Waals surface area contributed by atoms with Gasteiger partial charge in [0.1, 0.15) is 5.75 Å². The largest absolute Gasteiger partial charge is 0.484 e. The van der Waals surface area contributed by atoms with Crippen LogP contribution in [0.25, 0.3) is 0 Å². The first-order valence-electron chi connectivity index (χ1n) is 5.02. The van der Waals surface area contributed by atoms with E-state index in [9.17, 15) is 4.79 Å². The Morgan fingerprint density at radius 1 is 1.31 bits per heavy atom. The maximum atomic E-state index is 11.3. The van der Waals surface area contributed by atoms with Crippen LogP contribution in [0.2, 0.25) is 5.02 Å². The second-order valence-corrected chi connectivity index (χ2v) is 3.63. The molecule has 5 heteroatoms. The Kier molecular flexibility index (Phi) is 5.67. The fraction of sp³-hybridized carbons (Fsp3) is 0.364. The van der Waals surface area contributed by atoms with Gasteiger partial charge in [-0.05, 0) is 31.3 Å². The fourth-order valence-electron chi connectivity index (χ4n) is 1.06. The van der Waals surface area contributed by atoms with Gasteiger partial charge in [-0.15, -0.1) is 0 Å². The summed E-state index contributed by atoms with van der Waals surface area (Å²) in [6.45, 7) is 1.36. The van der Waals surface area contributed by atoms with E-state index in [1.807, 2.05) is 7.05 Å². The molecule has 0 aliphatic carbocycles. The predicted octanol–water partition coefficient (Wildman–Crippen LogP) is 1.05. The standard InChI is InChI=1S/C11H15ClN2O2/c1-13-6-7-14-11(15)8-16-10-4-2-9(12)3-5-10/h2-5,13H,6-8H2,1H3,(H,14,15). The number of nitrogens with one attached hydrogen (secondary N) is 2. The lowest BCUT2D eigenvalue weighted by Gasteiger charge is -2.07. The zero-order chi connectivity index (χ0) is 11.8. The molecule has 0 aromatic heterocycles. The van der Waals surface area contributed by atoms with Crippen molar-refractivity contribution < 1.29 is 9.53 Å². The third kappa shape index (κ3) is 5.00. The first-order chi connectivity index (χ1) is 7.72. The van der Waals surface area contributed by atoms with Crippen molar-refractivity contribution in [2.24, 2.45) is 0 Å². The number of halogens is 1. The van der Waals surface area contributed by atoms with Crippen LogP contribution in [0.3, 0.4) is 0 Å². The molecule has 0 fully saturated rings. The molecule has 0 saturated heterocycles. The van der Waals surface area contributed by atoms with Gasteiger partial charge in [-0.25, -0.2) is 0 Å². The molecule has 4 nitrogen and oxygen atoms in total. The minimum atomic E-state index is -0.134. The number of ether oxygens (including phenoxy) is 1. The van der Waals surface area contributed by atoms with E-state index < -0.39 is 0 Å². The lowest BCUT2D eigenvalue weighted by atomic mass is 10.3. The van der Waals surface area contributed by atoms with E-state index in [1.54, 1.807) is 24.3 Å². The summed E-state index contributed by atoms with van der Waals surface area (Å²) in [4.78, 5) is 11.3. The summed E-state index contributed by atoms with van der Waals surface area (Å²) in [6.07, 6.45) is 0. The van der Waals surface area contributed by atoms with Crippen LogP contribution < -0.4 is 15.4 Å². The molecule has 1 amide bonds. The molecule has 88 valence electrons. The zero-order valence-electron chi connectivity index (χ0n) is 9.13. The van der Waals surface area contributed by atoms with E-state index in [0.29, 0.717) is 17.3 Å². The molecule has 0 bridgehead atoms. The highest BCUT2D eigenvalue weighted by Crippen LogP contribution is 2.15. The quantitative estimate of drug-likeness (QED) is 0.734. The smallest absolute Gasteiger partial charge is 0.257 e. The third-order valence-corrected chi connectivity index (χ3v) is 2.13. The van der Waals surface area contributed by atoms with Gasteiger partial charge in [-0.1, -0.05) is 11.6 Å². The third-order valence-electron chi connectivity index (χ3n) is 1.88. The molecule has 0 radical (unpaired) electrons. The van der Waals surface area contributed by atoms with Crippen LogP contribution in [-0.4, -0.2) is 32.7 Å². The van der Waals surface area contributed by atoms with Crippen molar-refractivity contribution in [3.8, 4) is 5.75 Å². The van der Waals surface area contributed by atoms with Gasteiger partial charge in [0.15, 0.2) is 6.61 Å². The van der Waals surface area contributed by atoms with E-state index in [-0.39, 0.29) is 12.5 Å². The monoisotopic (exact) mass is 242 g/mol. The highest BCUT2D eigenvalue weighted by molar-refractivity contribution is 6.30. The topological polar surface area (TPSA) is 50.4 Å². The van der Waals surface area contributed by atoms with Crippen LogP contribution in [0.15, 0.2) is 24.3 Å². The molecular formula is C11H15ClN2O2. The summed E-state index contributed by atoms with van der Waals surface area (Å²) in [7, 11) is 1.83. The summed E-state index contributed by atoms with van der Waals surface area (Å²) < 4.78 is 5.26. The Labute approximate surface area is 99.9 Å². The van der Waals surface area contributed by atoms with E-state index in [1.165, 1.54) is 0 Å². The second kappa shape index (κ2) is 7.09. The van der Waals surface area contributed by atoms with Gasteiger partial charge >= 0.3 is 0 Å². The molecule has 1 rings (SSSR count). The molecule has 0 aliphatic rings. The summed E-state index contributed by atoms with van der Waals surface area (Å²) in [5.74, 6) is 0.498. The van der Waals surface area contributed by atoms with Crippen molar-refractivity contribution in [1.29, 1.82) is 0 Å². The number of carbonyl (C=O) groups is 1. The highest BCUT2D eigenvalue weighted by Gasteiger charge is 2.01. The molecule has 0 unspecified atom stereocenters. The van der Waals surface area contributed by atoms with Crippen LogP contribution in [-0.2, 0) is 4.79 Å². The minimum Gasteiger partial charge on any atom is -0.484 e. The Morgan fingerprint density at radius 3 is 2.62 bits per heavy atom. The average Bonchev–Trinajstić information content (AvgIpc) is 2.29. The molecule has 16 heavy (non-hydrogen) atoms. The number of hydrogen-bond acceptors (Lipinski definition) is 3. The molecule has 1 aromatic carbocycles. The first-order valence-corrected chi connectivity index (χ1v) is 5.40. The van der Waals surface area contributed by atoms with Crippen LogP contribution in [0.5, 0.6) is 5.75 Å². The van der Waals surface area contributed by atoms with Gasteiger partial charge in [0.25, 0.3) is 5.91 Å². The number of hydrogen-bond donors (Lipinski definition) is 2. The molecular weight excluding hydrogens is 228 g/mol. The lowest BCUT2D eigenvalue weighted by molar-refractivity contribution is -0.123. The van der Waals surface area contributed by atoms with Crippen molar-refractivity contribution in [1.82, 2.24) is 10.6 Å². The van der Waals surface area contributed by atoms with Crippen LogP contribution in [0.4, 0.5) is 0 Å². The van der Waals surface area contributed by atoms with E-state index in [0.717, 1.165) is 6.54 Å². The summed E-state index contributed by atoms with van der Waals surface area (Å²) in [5, 5.41) is 6.29. The Bertz CT molecular complexity index is 327. The molecule has 2 N–H and O–H groups in total. The van der Waals surface area contributed by atoms with Crippen molar-refractivity contribution in [2.45, 2.75) is 0 Å². The second-order valence-electron chi connectivity index (χ2n) is 3.20. The Morgan fingerprint density at radius 2 is 2.00 bits per heavy atom. The number of benzene rings is 1. The molecule has 0 saturated carbocycles. The lowest BCUT2D eigenvalue weighted by Crippen LogP contribution is -2.33. The maximum absolute atomic E-state index is 11.3. The van der Waals surface area contributed by atoms with Crippen LogP contribution in [0, 0.1) is 0 Å².